The second kappa shape index (κ2) is 19.8. The van der Waals surface area contributed by atoms with Gasteiger partial charge in [-0.2, -0.15) is 13.2 Å². The van der Waals surface area contributed by atoms with Crippen LogP contribution >= 0.6 is 45.9 Å². The molecule has 0 spiro atoms. The molecule has 20 heteroatoms. The Morgan fingerprint density at radius 3 is 1.68 bits per heavy atom. The highest BCUT2D eigenvalue weighted by Crippen LogP contribution is 2.40. The Morgan fingerprint density at radius 1 is 0.697 bits per heavy atom. The number of thiophene rings is 2. The molecule has 7 aromatic rings. The topological polar surface area (TPSA) is 155 Å². The molecule has 0 atom stereocenters. The fraction of sp³-hybridized carbons (Fsp3) is 0.304. The zero-order valence-electron chi connectivity index (χ0n) is 35.7. The molecule has 2 aliphatic heterocycles. The van der Waals surface area contributed by atoms with Crippen molar-refractivity contribution in [2.45, 2.75) is 52.8 Å². The summed E-state index contributed by atoms with van der Waals surface area (Å²) in [6, 6.07) is 16.1. The zero-order valence-corrected chi connectivity index (χ0v) is 38.8. The lowest BCUT2D eigenvalue weighted by atomic mass is 9.95. The van der Waals surface area contributed by atoms with Crippen molar-refractivity contribution in [2.75, 3.05) is 39.3 Å². The monoisotopic (exact) mass is 978 g/mol. The summed E-state index contributed by atoms with van der Waals surface area (Å²) in [4.78, 5) is 63.3. The summed E-state index contributed by atoms with van der Waals surface area (Å²) in [5.41, 5.74) is 7.84. The van der Waals surface area contributed by atoms with E-state index in [0.717, 1.165) is 82.1 Å². The molecule has 7 heterocycles. The molecule has 9 rings (SSSR count). The number of rotatable bonds is 10. The van der Waals surface area contributed by atoms with Gasteiger partial charge in [0.25, 0.3) is 5.56 Å². The molecule has 3 N–H and O–H groups in total. The van der Waals surface area contributed by atoms with E-state index in [0.29, 0.717) is 64.3 Å². The first kappa shape index (κ1) is 47.0. The normalized spacial score (nSPS) is 14.9. The molecule has 2 aliphatic rings. The van der Waals surface area contributed by atoms with Crippen molar-refractivity contribution in [1.29, 1.82) is 0 Å². The number of pyridine rings is 2. The number of hydrogen-bond donors (Lipinski definition) is 3. The van der Waals surface area contributed by atoms with Gasteiger partial charge in [0.2, 0.25) is 11.8 Å². The average Bonchev–Trinajstić information content (AvgIpc) is 3.89. The van der Waals surface area contributed by atoms with Crippen LogP contribution in [0.15, 0.2) is 82.8 Å². The van der Waals surface area contributed by atoms with Crippen molar-refractivity contribution in [3.05, 3.63) is 136 Å². The van der Waals surface area contributed by atoms with Crippen LogP contribution < -0.4 is 21.9 Å². The van der Waals surface area contributed by atoms with Gasteiger partial charge in [0.05, 0.1) is 46.7 Å². The summed E-state index contributed by atoms with van der Waals surface area (Å²) >= 11 is 15.7. The average molecular weight is 980 g/mol. The second-order valence-corrected chi connectivity index (χ2v) is 19.3. The Balaban J connectivity index is 0.000000192. The minimum Gasteiger partial charge on any atom is -0.391 e. The Labute approximate surface area is 394 Å². The first-order valence-electron chi connectivity index (χ1n) is 20.8. The number of aliphatic hydroxyl groups is 1. The number of amides is 2. The number of aromatic nitrogens is 4. The Bertz CT molecular complexity index is 3120. The molecule has 344 valence electrons. The van der Waals surface area contributed by atoms with Crippen molar-refractivity contribution >= 4 is 78.1 Å². The van der Waals surface area contributed by atoms with Crippen LogP contribution in [0.2, 0.25) is 10.0 Å². The predicted octanol–water partition coefficient (Wildman–Crippen LogP) is 7.14. The molecule has 5 aromatic heterocycles. The minimum absolute atomic E-state index is 0.00475. The number of carbonyl (C=O) groups excluding carboxylic acids is 2. The number of aryl methyl sites for hydroxylation is 2. The SMILES string of the molecule is Cc1cc(Cl)cc(-c2ccnc3cc(CO)sc23)c1CN1CCNC(=O)C1.Cc1cc(Cl)cc(-c2ccnc3cc(Cn4c(=O)ccn(CC(F)(F)F)c4=O)sc23)c1CN1CCNC(=O)C1. The van der Waals surface area contributed by atoms with Crippen LogP contribution in [0.3, 0.4) is 0 Å². The number of carbonyl (C=O) groups is 2. The van der Waals surface area contributed by atoms with Crippen LogP contribution in [0.25, 0.3) is 42.7 Å². The number of aliphatic hydroxyl groups excluding tert-OH is 1. The third-order valence-corrected chi connectivity index (χ3v) is 14.1. The van der Waals surface area contributed by atoms with Gasteiger partial charge in [0, 0.05) is 94.9 Å². The number of alkyl halides is 3. The number of halogens is 5. The molecule has 0 aliphatic carbocycles. The lowest BCUT2D eigenvalue weighted by molar-refractivity contribution is -0.141. The van der Waals surface area contributed by atoms with Crippen LogP contribution in [-0.2, 0) is 42.4 Å². The van der Waals surface area contributed by atoms with Gasteiger partial charge in [-0.25, -0.2) is 4.79 Å². The van der Waals surface area contributed by atoms with E-state index in [9.17, 15) is 37.5 Å². The molecule has 2 amide bonds. The van der Waals surface area contributed by atoms with E-state index >= 15 is 0 Å². The Hall–Kier alpha value is -5.47. The van der Waals surface area contributed by atoms with Gasteiger partial charge in [0.1, 0.15) is 6.54 Å². The summed E-state index contributed by atoms with van der Waals surface area (Å²) in [5.74, 6) is 0.0284. The van der Waals surface area contributed by atoms with E-state index in [1.807, 2.05) is 49.4 Å². The standard InChI is InChI=1S/C26H23ClF3N5O3S.C20H20ClN3O2S/c1-15-8-16(27)9-19(20(15)12-33-7-5-32-22(36)13-33)18-2-4-31-21-10-17(39-24(18)21)11-35-23(37)3-6-34(25(35)38)14-26(28,29)30;1-12-6-13(21)7-16(17(12)9-24-5-4-23-19(26)10-24)15-2-3-22-18-8-14(11-25)27-20(15)18/h2-4,6,8-10H,5,7,11-14H2,1H3,(H,32,36);2-3,6-8,25H,4-5,9-11H2,1H3,(H,23,26). The van der Waals surface area contributed by atoms with Crippen LogP contribution in [0, 0.1) is 13.8 Å². The minimum atomic E-state index is -4.60. The molecule has 66 heavy (non-hydrogen) atoms. The van der Waals surface area contributed by atoms with Crippen molar-refractivity contribution in [1.82, 2.24) is 39.5 Å². The van der Waals surface area contributed by atoms with Gasteiger partial charge in [-0.05, 0) is 95.8 Å². The van der Waals surface area contributed by atoms with Gasteiger partial charge in [-0.3, -0.25) is 43.3 Å². The third-order valence-electron chi connectivity index (χ3n) is 11.3. The summed E-state index contributed by atoms with van der Waals surface area (Å²) in [7, 11) is 0. The summed E-state index contributed by atoms with van der Waals surface area (Å²) < 4.78 is 41.8. The van der Waals surface area contributed by atoms with Crippen molar-refractivity contribution in [3.63, 3.8) is 0 Å². The smallest absolute Gasteiger partial charge is 0.391 e. The van der Waals surface area contributed by atoms with E-state index in [2.05, 4.69) is 37.3 Å². The number of fused-ring (bicyclic) bond motifs is 2. The van der Waals surface area contributed by atoms with Crippen molar-refractivity contribution < 1.29 is 27.9 Å². The molecule has 2 fully saturated rings. The second-order valence-electron chi connectivity index (χ2n) is 16.1. The number of nitrogens with one attached hydrogen (secondary N) is 2. The van der Waals surface area contributed by atoms with Gasteiger partial charge in [0.15, 0.2) is 0 Å². The number of benzene rings is 2. The van der Waals surface area contributed by atoms with E-state index in [1.165, 1.54) is 16.9 Å². The van der Waals surface area contributed by atoms with Crippen LogP contribution in [0.5, 0.6) is 0 Å². The van der Waals surface area contributed by atoms with E-state index in [-0.39, 0.29) is 31.5 Å². The number of hydrogen-bond acceptors (Lipinski definition) is 11. The van der Waals surface area contributed by atoms with Crippen molar-refractivity contribution in [3.8, 4) is 22.3 Å². The highest BCUT2D eigenvalue weighted by atomic mass is 35.5. The van der Waals surface area contributed by atoms with Crippen LogP contribution in [0.4, 0.5) is 13.2 Å². The number of piperazine rings is 2. The van der Waals surface area contributed by atoms with Gasteiger partial charge < -0.3 is 15.7 Å². The Kier molecular flexibility index (Phi) is 14.1. The maximum Gasteiger partial charge on any atom is 0.406 e. The van der Waals surface area contributed by atoms with Gasteiger partial charge >= 0.3 is 11.9 Å². The molecule has 0 bridgehead atoms. The highest BCUT2D eigenvalue weighted by Gasteiger charge is 2.29. The summed E-state index contributed by atoms with van der Waals surface area (Å²) in [5, 5.41) is 16.4. The van der Waals surface area contributed by atoms with E-state index < -0.39 is 24.0 Å². The molecular weight excluding hydrogens is 937 g/mol. The molecular formula is C46H43Cl2F3N8O5S2. The third kappa shape index (κ3) is 10.7. The molecule has 2 saturated heterocycles. The van der Waals surface area contributed by atoms with Crippen LogP contribution in [0.1, 0.15) is 32.0 Å². The number of nitrogens with zero attached hydrogens (tertiary/aromatic N) is 6. The lowest BCUT2D eigenvalue weighted by Gasteiger charge is -2.28. The molecule has 13 nitrogen and oxygen atoms in total. The first-order chi connectivity index (χ1) is 31.5. The lowest BCUT2D eigenvalue weighted by Crippen LogP contribution is -2.47. The zero-order chi connectivity index (χ0) is 46.9. The van der Waals surface area contributed by atoms with E-state index in [4.69, 9.17) is 23.2 Å². The molecule has 0 radical (unpaired) electrons. The summed E-state index contributed by atoms with van der Waals surface area (Å²) in [6.07, 6.45) is -0.311. The van der Waals surface area contributed by atoms with Gasteiger partial charge in [-0.1, -0.05) is 23.2 Å². The van der Waals surface area contributed by atoms with Gasteiger partial charge in [-0.15, -0.1) is 22.7 Å². The van der Waals surface area contributed by atoms with E-state index in [1.54, 1.807) is 29.8 Å². The Morgan fingerprint density at radius 2 is 1.20 bits per heavy atom. The maximum absolute atomic E-state index is 12.9. The van der Waals surface area contributed by atoms with Crippen LogP contribution in [-0.4, -0.2) is 91.3 Å². The van der Waals surface area contributed by atoms with Crippen molar-refractivity contribution in [2.24, 2.45) is 0 Å². The predicted molar refractivity (Wildman–Crippen MR) is 252 cm³/mol. The quantitative estimate of drug-likeness (QED) is 0.130. The molecule has 2 aromatic carbocycles. The maximum atomic E-state index is 12.9. The first-order valence-corrected chi connectivity index (χ1v) is 23.2. The molecule has 0 saturated carbocycles. The largest absolute Gasteiger partial charge is 0.406 e. The molecule has 0 unspecified atom stereocenters. The fourth-order valence-electron chi connectivity index (χ4n) is 8.27. The summed E-state index contributed by atoms with van der Waals surface area (Å²) in [6.45, 7) is 7.03. The highest BCUT2D eigenvalue weighted by molar-refractivity contribution is 7.20. The fourth-order valence-corrected chi connectivity index (χ4v) is 11.0.